The zero-order valence-electron chi connectivity index (χ0n) is 16.7. The fourth-order valence-electron chi connectivity index (χ4n) is 2.58. The van der Waals surface area contributed by atoms with Gasteiger partial charge in [-0.2, -0.15) is 0 Å². The van der Waals surface area contributed by atoms with Crippen LogP contribution in [0.2, 0.25) is 0 Å². The summed E-state index contributed by atoms with van der Waals surface area (Å²) in [4.78, 5) is 14.5. The second-order valence-corrected chi connectivity index (χ2v) is 6.37. The molecule has 2 aromatic carbocycles. The number of anilines is 1. The van der Waals surface area contributed by atoms with Gasteiger partial charge in [-0.25, -0.2) is 4.39 Å². The fraction of sp³-hybridized carbons (Fsp3) is 0.381. The van der Waals surface area contributed by atoms with Gasteiger partial charge in [0.1, 0.15) is 23.1 Å². The van der Waals surface area contributed by atoms with Gasteiger partial charge < -0.3 is 19.5 Å². The van der Waals surface area contributed by atoms with Crippen molar-refractivity contribution in [3.63, 3.8) is 0 Å². The van der Waals surface area contributed by atoms with Gasteiger partial charge in [0.2, 0.25) is 5.91 Å². The largest absolute Gasteiger partial charge is 0.497 e. The van der Waals surface area contributed by atoms with Crippen molar-refractivity contribution >= 4 is 11.6 Å². The highest BCUT2D eigenvalue weighted by molar-refractivity contribution is 5.96. The molecule has 0 fully saturated rings. The Morgan fingerprint density at radius 3 is 2.43 bits per heavy atom. The number of methoxy groups -OCH3 is 2. The van der Waals surface area contributed by atoms with Crippen molar-refractivity contribution in [2.24, 2.45) is 0 Å². The summed E-state index contributed by atoms with van der Waals surface area (Å²) in [5, 5.41) is 2.89. The maximum absolute atomic E-state index is 12.9. The van der Waals surface area contributed by atoms with Crippen LogP contribution in [0.15, 0.2) is 42.5 Å². The average Bonchev–Trinajstić information content (AvgIpc) is 2.71. The molecule has 0 radical (unpaired) electrons. The molecule has 0 aliphatic rings. The van der Waals surface area contributed by atoms with Crippen LogP contribution in [0.1, 0.15) is 13.3 Å². The number of halogens is 1. The minimum Gasteiger partial charge on any atom is -0.497 e. The van der Waals surface area contributed by atoms with Crippen molar-refractivity contribution in [3.05, 3.63) is 48.3 Å². The number of carbonyl (C=O) groups excluding carboxylic acids is 1. The molecular weight excluding hydrogens is 363 g/mol. The summed E-state index contributed by atoms with van der Waals surface area (Å²) in [5.74, 6) is 1.39. The molecular formula is C21H27FN2O4. The first kappa shape index (κ1) is 21.5. The van der Waals surface area contributed by atoms with Crippen LogP contribution in [0.3, 0.4) is 0 Å². The first-order chi connectivity index (χ1) is 13.4. The summed E-state index contributed by atoms with van der Waals surface area (Å²) in [6, 6.07) is 10.8. The molecule has 0 saturated carbocycles. The molecule has 6 nitrogen and oxygen atoms in total. The third-order valence-electron chi connectivity index (χ3n) is 4.44. The van der Waals surface area contributed by atoms with Crippen LogP contribution in [0.4, 0.5) is 10.1 Å². The summed E-state index contributed by atoms with van der Waals surface area (Å²) in [6.45, 7) is 2.99. The quantitative estimate of drug-likeness (QED) is 0.629. The lowest BCUT2D eigenvalue weighted by atomic mass is 10.2. The molecule has 1 atom stereocenters. The fourth-order valence-corrected chi connectivity index (χ4v) is 2.58. The lowest BCUT2D eigenvalue weighted by molar-refractivity contribution is -0.120. The van der Waals surface area contributed by atoms with Crippen molar-refractivity contribution in [1.29, 1.82) is 0 Å². The van der Waals surface area contributed by atoms with Gasteiger partial charge in [0.15, 0.2) is 0 Å². The van der Waals surface area contributed by atoms with Gasteiger partial charge in [0.05, 0.1) is 32.6 Å². The smallest absolute Gasteiger partial charge is 0.241 e. The number of nitrogens with one attached hydrogen (secondary N) is 1. The van der Waals surface area contributed by atoms with Crippen molar-refractivity contribution in [3.8, 4) is 17.2 Å². The Morgan fingerprint density at radius 1 is 1.11 bits per heavy atom. The van der Waals surface area contributed by atoms with E-state index in [0.717, 1.165) is 6.42 Å². The maximum Gasteiger partial charge on any atom is 0.241 e. The SMILES string of the molecule is COc1ccc(OC)c(NC(=O)C(C)N(C)CCCOc2ccc(F)cc2)c1. The lowest BCUT2D eigenvalue weighted by Gasteiger charge is -2.24. The molecule has 0 aliphatic heterocycles. The third-order valence-corrected chi connectivity index (χ3v) is 4.44. The number of hydrogen-bond acceptors (Lipinski definition) is 5. The van der Waals surface area contributed by atoms with Crippen molar-refractivity contribution in [2.75, 3.05) is 39.7 Å². The molecule has 2 aromatic rings. The van der Waals surface area contributed by atoms with Gasteiger partial charge in [0.25, 0.3) is 0 Å². The van der Waals surface area contributed by atoms with Gasteiger partial charge in [0, 0.05) is 12.6 Å². The first-order valence-electron chi connectivity index (χ1n) is 9.06. The Kier molecular flexibility index (Phi) is 8.07. The normalized spacial score (nSPS) is 11.8. The van der Waals surface area contributed by atoms with E-state index in [1.54, 1.807) is 44.6 Å². The minimum atomic E-state index is -0.346. The highest BCUT2D eigenvalue weighted by Gasteiger charge is 2.19. The molecule has 7 heteroatoms. The average molecular weight is 390 g/mol. The molecule has 0 saturated heterocycles. The summed E-state index contributed by atoms with van der Waals surface area (Å²) in [5.41, 5.74) is 0.562. The van der Waals surface area contributed by atoms with Crippen LogP contribution in [0, 0.1) is 5.82 Å². The molecule has 0 bridgehead atoms. The van der Waals surface area contributed by atoms with Crippen LogP contribution in [-0.4, -0.2) is 51.3 Å². The highest BCUT2D eigenvalue weighted by Crippen LogP contribution is 2.29. The molecule has 2 rings (SSSR count). The second kappa shape index (κ2) is 10.5. The van der Waals surface area contributed by atoms with E-state index in [4.69, 9.17) is 14.2 Å². The van der Waals surface area contributed by atoms with Gasteiger partial charge in [-0.3, -0.25) is 9.69 Å². The van der Waals surface area contributed by atoms with Gasteiger partial charge in [-0.15, -0.1) is 0 Å². The van der Waals surface area contributed by atoms with Crippen molar-refractivity contribution < 1.29 is 23.4 Å². The number of benzene rings is 2. The van der Waals surface area contributed by atoms with Crippen LogP contribution >= 0.6 is 0 Å². The Labute approximate surface area is 165 Å². The van der Waals surface area contributed by atoms with E-state index in [9.17, 15) is 9.18 Å². The van der Waals surface area contributed by atoms with Gasteiger partial charge >= 0.3 is 0 Å². The minimum absolute atomic E-state index is 0.145. The zero-order valence-corrected chi connectivity index (χ0v) is 16.7. The van der Waals surface area contributed by atoms with E-state index >= 15 is 0 Å². The van der Waals surface area contributed by atoms with E-state index in [1.807, 2.05) is 18.9 Å². The molecule has 1 unspecified atom stereocenters. The van der Waals surface area contributed by atoms with E-state index in [1.165, 1.54) is 12.1 Å². The standard InChI is InChI=1S/C21H27FN2O4/c1-15(21(25)23-19-14-18(26-3)10-11-20(19)27-4)24(2)12-5-13-28-17-8-6-16(22)7-9-17/h6-11,14-15H,5,12-13H2,1-4H3,(H,23,25). The number of likely N-dealkylation sites (N-methyl/N-ethyl adjacent to an activating group) is 1. The van der Waals surface area contributed by atoms with Crippen LogP contribution in [0.25, 0.3) is 0 Å². The molecule has 0 aliphatic carbocycles. The van der Waals surface area contributed by atoms with E-state index in [0.29, 0.717) is 36.1 Å². The Hall–Kier alpha value is -2.80. The van der Waals surface area contributed by atoms with Gasteiger partial charge in [-0.05, 0) is 56.8 Å². The second-order valence-electron chi connectivity index (χ2n) is 6.37. The van der Waals surface area contributed by atoms with Gasteiger partial charge in [-0.1, -0.05) is 0 Å². The summed E-state index contributed by atoms with van der Waals surface area (Å²) < 4.78 is 28.9. The molecule has 0 spiro atoms. The predicted molar refractivity (Wildman–Crippen MR) is 107 cm³/mol. The lowest BCUT2D eigenvalue weighted by Crippen LogP contribution is -2.40. The molecule has 0 aromatic heterocycles. The van der Waals surface area contributed by atoms with Crippen LogP contribution in [-0.2, 0) is 4.79 Å². The van der Waals surface area contributed by atoms with Crippen molar-refractivity contribution in [2.45, 2.75) is 19.4 Å². The highest BCUT2D eigenvalue weighted by atomic mass is 19.1. The van der Waals surface area contributed by atoms with Crippen LogP contribution in [0.5, 0.6) is 17.2 Å². The topological polar surface area (TPSA) is 60.0 Å². The molecule has 1 amide bonds. The molecule has 0 heterocycles. The maximum atomic E-state index is 12.9. The number of nitrogens with zero attached hydrogens (tertiary/aromatic N) is 1. The number of carbonyl (C=O) groups is 1. The zero-order chi connectivity index (χ0) is 20.5. The Morgan fingerprint density at radius 2 is 1.79 bits per heavy atom. The monoisotopic (exact) mass is 390 g/mol. The van der Waals surface area contributed by atoms with Crippen molar-refractivity contribution in [1.82, 2.24) is 4.90 Å². The molecule has 28 heavy (non-hydrogen) atoms. The number of amides is 1. The summed E-state index contributed by atoms with van der Waals surface area (Å²) >= 11 is 0. The van der Waals surface area contributed by atoms with Crippen LogP contribution < -0.4 is 19.5 Å². The summed E-state index contributed by atoms with van der Waals surface area (Å²) in [6.07, 6.45) is 0.730. The Bertz CT molecular complexity index is 768. The Balaban J connectivity index is 1.82. The predicted octanol–water partition coefficient (Wildman–Crippen LogP) is 3.57. The number of ether oxygens (including phenoxy) is 3. The van der Waals surface area contributed by atoms with E-state index in [2.05, 4.69) is 5.32 Å². The number of hydrogen-bond donors (Lipinski definition) is 1. The number of rotatable bonds is 10. The summed E-state index contributed by atoms with van der Waals surface area (Å²) in [7, 11) is 5.00. The molecule has 152 valence electrons. The third kappa shape index (κ3) is 6.13. The molecule has 1 N–H and O–H groups in total. The first-order valence-corrected chi connectivity index (χ1v) is 9.06. The van der Waals surface area contributed by atoms with E-state index < -0.39 is 0 Å². The van der Waals surface area contributed by atoms with E-state index in [-0.39, 0.29) is 17.8 Å².